The van der Waals surface area contributed by atoms with Gasteiger partial charge >= 0.3 is 5.97 Å². The summed E-state index contributed by atoms with van der Waals surface area (Å²) >= 11 is 7.33. The van der Waals surface area contributed by atoms with Crippen LogP contribution in [0.1, 0.15) is 23.7 Å². The highest BCUT2D eigenvalue weighted by atomic mass is 35.5. The molecule has 1 aromatic rings. The molecule has 1 N–H and O–H groups in total. The molecular weight excluding hydrogens is 334 g/mol. The Bertz CT molecular complexity index is 619. The number of halogens is 1. The van der Waals surface area contributed by atoms with Crippen molar-refractivity contribution in [1.82, 2.24) is 4.31 Å². The van der Waals surface area contributed by atoms with Gasteiger partial charge in [-0.05, 0) is 30.9 Å². The average Bonchev–Trinajstić information content (AvgIpc) is 2.43. The van der Waals surface area contributed by atoms with Crippen molar-refractivity contribution >= 4 is 39.4 Å². The molecule has 1 atom stereocenters. The third-order valence-corrected chi connectivity index (χ3v) is 6.14. The first-order valence-corrected chi connectivity index (χ1v) is 9.46. The van der Waals surface area contributed by atoms with Gasteiger partial charge in [-0.3, -0.25) is 0 Å². The second-order valence-corrected chi connectivity index (χ2v) is 7.80. The SMILES string of the molecule is CCC(CSC)N(C)S(=O)(=O)c1ccc(Cl)c(C(=O)O)c1. The van der Waals surface area contributed by atoms with E-state index in [9.17, 15) is 13.2 Å². The van der Waals surface area contributed by atoms with Crippen molar-refractivity contribution in [2.45, 2.75) is 24.3 Å². The summed E-state index contributed by atoms with van der Waals surface area (Å²) in [5, 5.41) is 9.05. The number of nitrogens with zero attached hydrogens (tertiary/aromatic N) is 1. The fourth-order valence-corrected chi connectivity index (χ4v) is 4.46. The van der Waals surface area contributed by atoms with E-state index in [1.54, 1.807) is 11.8 Å². The second-order valence-electron chi connectivity index (χ2n) is 4.49. The number of sulfonamides is 1. The molecule has 118 valence electrons. The quantitative estimate of drug-likeness (QED) is 0.817. The zero-order chi connectivity index (χ0) is 16.2. The van der Waals surface area contributed by atoms with Crippen LogP contribution in [0, 0.1) is 0 Å². The van der Waals surface area contributed by atoms with Crippen LogP contribution in [0.25, 0.3) is 0 Å². The standard InChI is InChI=1S/C13H18ClNO4S2/c1-4-9(8-20-3)15(2)21(18,19)10-5-6-12(14)11(7-10)13(16)17/h5-7,9H,4,8H2,1-3H3,(H,16,17). The van der Waals surface area contributed by atoms with E-state index in [1.807, 2.05) is 13.2 Å². The summed E-state index contributed by atoms with van der Waals surface area (Å²) in [5.41, 5.74) is -0.218. The Morgan fingerprint density at radius 3 is 2.57 bits per heavy atom. The number of benzene rings is 1. The van der Waals surface area contributed by atoms with E-state index in [0.29, 0.717) is 12.2 Å². The normalized spacial score (nSPS) is 13.4. The molecule has 0 fully saturated rings. The van der Waals surface area contributed by atoms with E-state index in [-0.39, 0.29) is 21.5 Å². The Hall–Kier alpha value is -0.760. The highest BCUT2D eigenvalue weighted by Crippen LogP contribution is 2.24. The molecule has 0 aliphatic heterocycles. The third-order valence-electron chi connectivity index (χ3n) is 3.19. The van der Waals surface area contributed by atoms with Gasteiger partial charge in [-0.25, -0.2) is 13.2 Å². The van der Waals surface area contributed by atoms with Gasteiger partial charge in [0.1, 0.15) is 0 Å². The van der Waals surface area contributed by atoms with Crippen molar-refractivity contribution in [1.29, 1.82) is 0 Å². The first-order valence-electron chi connectivity index (χ1n) is 6.25. The molecule has 5 nitrogen and oxygen atoms in total. The maximum absolute atomic E-state index is 12.6. The minimum atomic E-state index is -3.75. The molecule has 1 unspecified atom stereocenters. The zero-order valence-corrected chi connectivity index (χ0v) is 14.4. The van der Waals surface area contributed by atoms with Crippen LogP contribution < -0.4 is 0 Å². The van der Waals surface area contributed by atoms with E-state index < -0.39 is 16.0 Å². The lowest BCUT2D eigenvalue weighted by Crippen LogP contribution is -2.38. The number of carboxylic acid groups (broad SMARTS) is 1. The number of carbonyl (C=O) groups is 1. The minimum absolute atomic E-state index is 0.0141. The molecule has 0 aliphatic rings. The van der Waals surface area contributed by atoms with Gasteiger partial charge in [-0.1, -0.05) is 18.5 Å². The van der Waals surface area contributed by atoms with E-state index >= 15 is 0 Å². The fraction of sp³-hybridized carbons (Fsp3) is 0.462. The molecule has 21 heavy (non-hydrogen) atoms. The molecule has 0 spiro atoms. The molecule has 8 heteroatoms. The number of hydrogen-bond acceptors (Lipinski definition) is 4. The summed E-state index contributed by atoms with van der Waals surface area (Å²) in [6.45, 7) is 1.91. The van der Waals surface area contributed by atoms with Gasteiger partial charge in [0.2, 0.25) is 10.0 Å². The molecule has 0 heterocycles. The van der Waals surface area contributed by atoms with Crippen molar-refractivity contribution in [3.8, 4) is 0 Å². The summed E-state index contributed by atoms with van der Waals surface area (Å²) in [7, 11) is -2.24. The summed E-state index contributed by atoms with van der Waals surface area (Å²) in [4.78, 5) is 11.0. The predicted octanol–water partition coefficient (Wildman–Crippen LogP) is 2.80. The van der Waals surface area contributed by atoms with Crippen molar-refractivity contribution < 1.29 is 18.3 Å². The van der Waals surface area contributed by atoms with Crippen LogP contribution in [0.5, 0.6) is 0 Å². The largest absolute Gasteiger partial charge is 0.478 e. The smallest absolute Gasteiger partial charge is 0.337 e. The maximum Gasteiger partial charge on any atom is 0.337 e. The number of carboxylic acids is 1. The van der Waals surface area contributed by atoms with Crippen molar-refractivity contribution in [2.24, 2.45) is 0 Å². The van der Waals surface area contributed by atoms with Crippen LogP contribution in [0.4, 0.5) is 0 Å². The van der Waals surface area contributed by atoms with Crippen molar-refractivity contribution in [2.75, 3.05) is 19.1 Å². The van der Waals surface area contributed by atoms with Gasteiger partial charge in [-0.2, -0.15) is 16.1 Å². The Labute approximate surface area is 134 Å². The molecule has 1 rings (SSSR count). The number of rotatable bonds is 7. The molecule has 0 radical (unpaired) electrons. The Morgan fingerprint density at radius 1 is 1.48 bits per heavy atom. The lowest BCUT2D eigenvalue weighted by molar-refractivity contribution is 0.0697. The Balaban J connectivity index is 3.24. The summed E-state index contributed by atoms with van der Waals surface area (Å²) in [5.74, 6) is -0.582. The molecule has 0 aromatic heterocycles. The maximum atomic E-state index is 12.6. The average molecular weight is 352 g/mol. The second kappa shape index (κ2) is 7.49. The fourth-order valence-electron chi connectivity index (χ4n) is 1.86. The van der Waals surface area contributed by atoms with Crippen molar-refractivity contribution in [3.63, 3.8) is 0 Å². The van der Waals surface area contributed by atoms with E-state index in [4.69, 9.17) is 16.7 Å². The number of aromatic carboxylic acids is 1. The van der Waals surface area contributed by atoms with E-state index in [1.165, 1.54) is 23.5 Å². The molecule has 0 bridgehead atoms. The van der Waals surface area contributed by atoms with Crippen molar-refractivity contribution in [3.05, 3.63) is 28.8 Å². The van der Waals surface area contributed by atoms with Crippen LogP contribution in [-0.2, 0) is 10.0 Å². The first-order chi connectivity index (χ1) is 9.75. The minimum Gasteiger partial charge on any atom is -0.478 e. The summed E-state index contributed by atoms with van der Waals surface area (Å²) in [6.07, 6.45) is 2.59. The molecule has 0 saturated heterocycles. The summed E-state index contributed by atoms with van der Waals surface area (Å²) < 4.78 is 26.4. The Kier molecular flexibility index (Phi) is 6.52. The predicted molar refractivity (Wildman–Crippen MR) is 85.8 cm³/mol. The zero-order valence-electron chi connectivity index (χ0n) is 12.0. The number of thioether (sulfide) groups is 1. The molecular formula is C13H18ClNO4S2. The lowest BCUT2D eigenvalue weighted by Gasteiger charge is -2.26. The first kappa shape index (κ1) is 18.3. The van der Waals surface area contributed by atoms with Gasteiger partial charge < -0.3 is 5.11 Å². The molecule has 0 aliphatic carbocycles. The van der Waals surface area contributed by atoms with Crippen LogP contribution in [-0.4, -0.2) is 48.9 Å². The Morgan fingerprint density at radius 2 is 2.10 bits per heavy atom. The van der Waals surface area contributed by atoms with Gasteiger partial charge in [0.15, 0.2) is 0 Å². The molecule has 0 amide bonds. The monoisotopic (exact) mass is 351 g/mol. The molecule has 0 saturated carbocycles. The highest BCUT2D eigenvalue weighted by molar-refractivity contribution is 7.98. The lowest BCUT2D eigenvalue weighted by atomic mass is 10.2. The number of hydrogen-bond donors (Lipinski definition) is 1. The third kappa shape index (κ3) is 4.12. The molecule has 1 aromatic carbocycles. The van der Waals surface area contributed by atoms with Gasteiger partial charge in [0.05, 0.1) is 15.5 Å². The topological polar surface area (TPSA) is 74.7 Å². The highest BCUT2D eigenvalue weighted by Gasteiger charge is 2.27. The van der Waals surface area contributed by atoms with E-state index in [0.717, 1.165) is 6.07 Å². The van der Waals surface area contributed by atoms with Gasteiger partial charge in [0.25, 0.3) is 0 Å². The van der Waals surface area contributed by atoms with Crippen LogP contribution >= 0.6 is 23.4 Å². The summed E-state index contributed by atoms with van der Waals surface area (Å²) in [6, 6.07) is 3.57. The van der Waals surface area contributed by atoms with Crippen LogP contribution in [0.3, 0.4) is 0 Å². The van der Waals surface area contributed by atoms with Gasteiger partial charge in [-0.15, -0.1) is 0 Å². The van der Waals surface area contributed by atoms with E-state index in [2.05, 4.69) is 0 Å². The van der Waals surface area contributed by atoms with Gasteiger partial charge in [0, 0.05) is 18.8 Å². The van der Waals surface area contributed by atoms with Crippen LogP contribution in [0.15, 0.2) is 23.1 Å². The van der Waals surface area contributed by atoms with Crippen LogP contribution in [0.2, 0.25) is 5.02 Å².